The summed E-state index contributed by atoms with van der Waals surface area (Å²) in [6, 6.07) is 57.8. The minimum atomic E-state index is 0.906. The third-order valence-corrected chi connectivity index (χ3v) is 8.91. The minimum Gasteiger partial charge on any atom is -0.455 e. The maximum atomic E-state index is 6.37. The molecule has 0 amide bonds. The van der Waals surface area contributed by atoms with Gasteiger partial charge in [-0.05, 0) is 64.5 Å². The van der Waals surface area contributed by atoms with Crippen molar-refractivity contribution in [3.05, 3.63) is 170 Å². The maximum absolute atomic E-state index is 6.37. The highest BCUT2D eigenvalue weighted by molar-refractivity contribution is 6.13. The number of pyridine rings is 1. The number of para-hydroxylation sites is 2. The SMILES string of the molecule is CC.c1ccc(-c2ccc(N(c3ccc(-c4cccc5c4oc4ccccc45)cc3)c3cccc4ccc5cccnc5c34)cc2)cc1. The first-order valence-corrected chi connectivity index (χ1v) is 16.5. The van der Waals surface area contributed by atoms with Crippen LogP contribution in [0.3, 0.4) is 0 Å². The van der Waals surface area contributed by atoms with Crippen molar-refractivity contribution in [1.29, 1.82) is 0 Å². The Hall–Kier alpha value is -6.19. The Morgan fingerprint density at radius 1 is 0.479 bits per heavy atom. The fourth-order valence-electron chi connectivity index (χ4n) is 6.71. The van der Waals surface area contributed by atoms with Crippen molar-refractivity contribution in [2.24, 2.45) is 0 Å². The zero-order chi connectivity index (χ0) is 32.5. The van der Waals surface area contributed by atoms with Gasteiger partial charge in [0.1, 0.15) is 11.2 Å². The summed E-state index contributed by atoms with van der Waals surface area (Å²) in [6.07, 6.45) is 1.88. The lowest BCUT2D eigenvalue weighted by atomic mass is 10.00. The van der Waals surface area contributed by atoms with Gasteiger partial charge >= 0.3 is 0 Å². The number of furan rings is 1. The van der Waals surface area contributed by atoms with E-state index in [4.69, 9.17) is 9.40 Å². The van der Waals surface area contributed by atoms with Crippen LogP contribution in [0.15, 0.2) is 174 Å². The molecule has 0 unspecified atom stereocenters. The lowest BCUT2D eigenvalue weighted by Crippen LogP contribution is -2.10. The summed E-state index contributed by atoms with van der Waals surface area (Å²) < 4.78 is 6.37. The lowest BCUT2D eigenvalue weighted by Gasteiger charge is -2.27. The standard InChI is InChI=1S/C43H28N2O.C2H6/c1-2-9-29(10-3-1)30-20-24-34(25-21-30)45(39-16-6-11-32-18-19-33-12-8-28-44-42(33)41(32)39)35-26-22-31(23-27-35)36-14-7-15-38-37-13-4-5-17-40(37)46-43(36)38;1-2/h1-28H;1-2H3. The predicted molar refractivity (Wildman–Crippen MR) is 203 cm³/mol. The van der Waals surface area contributed by atoms with Crippen LogP contribution in [-0.2, 0) is 0 Å². The zero-order valence-corrected chi connectivity index (χ0v) is 27.0. The summed E-state index contributed by atoms with van der Waals surface area (Å²) in [5, 5.41) is 5.67. The molecule has 3 nitrogen and oxygen atoms in total. The Morgan fingerprint density at radius 3 is 1.90 bits per heavy atom. The molecular weight excluding hydrogens is 585 g/mol. The second-order valence-electron chi connectivity index (χ2n) is 11.6. The van der Waals surface area contributed by atoms with Crippen LogP contribution in [0.2, 0.25) is 0 Å². The summed E-state index contributed by atoms with van der Waals surface area (Å²) in [6.45, 7) is 4.00. The van der Waals surface area contributed by atoms with Gasteiger partial charge in [-0.1, -0.05) is 135 Å². The quantitative estimate of drug-likeness (QED) is 0.180. The van der Waals surface area contributed by atoms with Crippen LogP contribution >= 0.6 is 0 Å². The number of aromatic nitrogens is 1. The number of anilines is 3. The second-order valence-corrected chi connectivity index (χ2v) is 11.6. The Morgan fingerprint density at radius 2 is 1.10 bits per heavy atom. The fourth-order valence-corrected chi connectivity index (χ4v) is 6.71. The van der Waals surface area contributed by atoms with Crippen LogP contribution in [0.1, 0.15) is 13.8 Å². The van der Waals surface area contributed by atoms with Crippen molar-refractivity contribution in [2.45, 2.75) is 13.8 Å². The third-order valence-electron chi connectivity index (χ3n) is 8.91. The average Bonchev–Trinajstić information content (AvgIpc) is 3.56. The summed E-state index contributed by atoms with van der Waals surface area (Å²) in [5.74, 6) is 0. The van der Waals surface area contributed by atoms with E-state index in [0.29, 0.717) is 0 Å². The van der Waals surface area contributed by atoms with Gasteiger partial charge in [-0.2, -0.15) is 0 Å². The van der Waals surface area contributed by atoms with Crippen LogP contribution in [0.25, 0.3) is 65.9 Å². The van der Waals surface area contributed by atoms with Gasteiger partial charge in [0.25, 0.3) is 0 Å². The van der Waals surface area contributed by atoms with Crippen LogP contribution in [-0.4, -0.2) is 4.98 Å². The highest BCUT2D eigenvalue weighted by Gasteiger charge is 2.19. The van der Waals surface area contributed by atoms with Gasteiger partial charge in [-0.25, -0.2) is 0 Å². The molecule has 0 N–H and O–H groups in total. The van der Waals surface area contributed by atoms with E-state index in [1.54, 1.807) is 0 Å². The molecule has 48 heavy (non-hydrogen) atoms. The molecule has 9 aromatic rings. The van der Waals surface area contributed by atoms with Crippen LogP contribution in [0, 0.1) is 0 Å². The number of hydrogen-bond acceptors (Lipinski definition) is 3. The molecule has 3 heteroatoms. The van der Waals surface area contributed by atoms with E-state index in [2.05, 4.69) is 150 Å². The van der Waals surface area contributed by atoms with Crippen LogP contribution < -0.4 is 4.90 Å². The van der Waals surface area contributed by atoms with E-state index in [1.807, 2.05) is 38.2 Å². The summed E-state index contributed by atoms with van der Waals surface area (Å²) >= 11 is 0. The molecule has 2 heterocycles. The molecule has 0 saturated heterocycles. The number of nitrogens with zero attached hydrogens (tertiary/aromatic N) is 2. The molecular formula is C45H34N2O. The minimum absolute atomic E-state index is 0.906. The summed E-state index contributed by atoms with van der Waals surface area (Å²) in [5.41, 5.74) is 10.6. The number of benzene rings is 7. The van der Waals surface area contributed by atoms with Crippen molar-refractivity contribution in [3.8, 4) is 22.3 Å². The van der Waals surface area contributed by atoms with Crippen molar-refractivity contribution in [1.82, 2.24) is 4.98 Å². The Balaban J connectivity index is 0.00000165. The molecule has 2 aromatic heterocycles. The van der Waals surface area contributed by atoms with E-state index in [-0.39, 0.29) is 0 Å². The lowest BCUT2D eigenvalue weighted by molar-refractivity contribution is 0.670. The van der Waals surface area contributed by atoms with Crippen molar-refractivity contribution in [3.63, 3.8) is 0 Å². The summed E-state index contributed by atoms with van der Waals surface area (Å²) in [7, 11) is 0. The van der Waals surface area contributed by atoms with Crippen LogP contribution in [0.4, 0.5) is 17.1 Å². The highest BCUT2D eigenvalue weighted by atomic mass is 16.3. The predicted octanol–water partition coefficient (Wildman–Crippen LogP) is 13.1. The summed E-state index contributed by atoms with van der Waals surface area (Å²) in [4.78, 5) is 7.20. The highest BCUT2D eigenvalue weighted by Crippen LogP contribution is 2.43. The Labute approximate surface area is 280 Å². The van der Waals surface area contributed by atoms with Gasteiger partial charge in [0.05, 0.1) is 11.2 Å². The zero-order valence-electron chi connectivity index (χ0n) is 27.0. The first-order valence-electron chi connectivity index (χ1n) is 16.5. The molecule has 0 radical (unpaired) electrons. The Kier molecular flexibility index (Phi) is 7.64. The second kappa shape index (κ2) is 12.5. The molecule has 7 aromatic carbocycles. The van der Waals surface area contributed by atoms with Gasteiger partial charge < -0.3 is 9.32 Å². The first kappa shape index (κ1) is 29.2. The van der Waals surface area contributed by atoms with E-state index in [1.165, 1.54) is 11.1 Å². The van der Waals surface area contributed by atoms with Gasteiger partial charge in [0, 0.05) is 44.7 Å². The molecule has 0 aliphatic carbocycles. The van der Waals surface area contributed by atoms with Crippen molar-refractivity contribution in [2.75, 3.05) is 4.90 Å². The number of hydrogen-bond donors (Lipinski definition) is 0. The van der Waals surface area contributed by atoms with Gasteiger partial charge in [-0.15, -0.1) is 0 Å². The Bertz CT molecular complexity index is 2510. The smallest absolute Gasteiger partial charge is 0.143 e. The van der Waals surface area contributed by atoms with E-state index in [0.717, 1.165) is 71.8 Å². The van der Waals surface area contributed by atoms with E-state index < -0.39 is 0 Å². The van der Waals surface area contributed by atoms with Crippen molar-refractivity contribution < 1.29 is 4.42 Å². The molecule has 0 aliphatic rings. The largest absolute Gasteiger partial charge is 0.455 e. The molecule has 0 atom stereocenters. The average molecular weight is 619 g/mol. The molecule has 0 aliphatic heterocycles. The molecule has 0 saturated carbocycles. The number of rotatable bonds is 5. The van der Waals surface area contributed by atoms with Crippen LogP contribution in [0.5, 0.6) is 0 Å². The molecule has 9 rings (SSSR count). The molecule has 0 fully saturated rings. The molecule has 230 valence electrons. The molecule has 0 spiro atoms. The monoisotopic (exact) mass is 618 g/mol. The maximum Gasteiger partial charge on any atom is 0.143 e. The normalized spacial score (nSPS) is 11.1. The van der Waals surface area contributed by atoms with Gasteiger partial charge in [0.2, 0.25) is 0 Å². The van der Waals surface area contributed by atoms with Gasteiger partial charge in [0.15, 0.2) is 0 Å². The first-order chi connectivity index (χ1) is 23.8. The van der Waals surface area contributed by atoms with E-state index >= 15 is 0 Å². The van der Waals surface area contributed by atoms with Crippen molar-refractivity contribution >= 4 is 60.7 Å². The number of fused-ring (bicyclic) bond motifs is 6. The van der Waals surface area contributed by atoms with Gasteiger partial charge in [-0.3, -0.25) is 4.98 Å². The topological polar surface area (TPSA) is 29.3 Å². The molecule has 0 bridgehead atoms. The third kappa shape index (κ3) is 5.06. The van der Waals surface area contributed by atoms with E-state index in [9.17, 15) is 0 Å². The fraction of sp³-hybridized carbons (Fsp3) is 0.0444.